The summed E-state index contributed by atoms with van der Waals surface area (Å²) in [7, 11) is 0. The van der Waals surface area contributed by atoms with Crippen molar-refractivity contribution in [3.8, 4) is 5.75 Å². The summed E-state index contributed by atoms with van der Waals surface area (Å²) in [6, 6.07) is 8.53. The Bertz CT molecular complexity index is 1050. The molecular formula is C28H36N2O3S. The van der Waals surface area contributed by atoms with E-state index in [-0.39, 0.29) is 23.5 Å². The molecule has 0 saturated heterocycles. The molecule has 5 aliphatic rings. The number of amides is 1. The van der Waals surface area contributed by atoms with E-state index in [0.29, 0.717) is 31.5 Å². The van der Waals surface area contributed by atoms with Crippen LogP contribution in [0.5, 0.6) is 5.75 Å². The second kappa shape index (κ2) is 8.35. The Morgan fingerprint density at radius 3 is 2.76 bits per heavy atom. The lowest BCUT2D eigenvalue weighted by molar-refractivity contribution is -0.173. The zero-order valence-corrected chi connectivity index (χ0v) is 21.1. The number of hydrogen-bond acceptors (Lipinski definition) is 5. The number of rotatable bonds is 5. The summed E-state index contributed by atoms with van der Waals surface area (Å²) >= 11 is 1.68. The second-order valence-electron chi connectivity index (χ2n) is 11.8. The van der Waals surface area contributed by atoms with Crippen molar-refractivity contribution in [2.24, 2.45) is 17.3 Å². The molecule has 1 aromatic carbocycles. The van der Waals surface area contributed by atoms with Gasteiger partial charge < -0.3 is 15.2 Å². The number of fused-ring (bicyclic) bond motifs is 1. The summed E-state index contributed by atoms with van der Waals surface area (Å²) in [5.74, 6) is 2.24. The van der Waals surface area contributed by atoms with Gasteiger partial charge in [-0.05, 0) is 92.5 Å². The normalized spacial score (nSPS) is 35.3. The zero-order chi connectivity index (χ0) is 23.5. The average Bonchev–Trinajstić information content (AvgIpc) is 3.22. The average molecular weight is 481 g/mol. The number of thiophene rings is 1. The van der Waals surface area contributed by atoms with Crippen molar-refractivity contribution >= 4 is 17.2 Å². The van der Waals surface area contributed by atoms with Crippen LogP contribution in [0.25, 0.3) is 0 Å². The Kier molecular flexibility index (Phi) is 5.54. The third-order valence-electron chi connectivity index (χ3n) is 8.96. The Hall–Kier alpha value is -1.89. The van der Waals surface area contributed by atoms with Crippen LogP contribution in [0.4, 0.5) is 0 Å². The highest BCUT2D eigenvalue weighted by atomic mass is 32.1. The highest BCUT2D eigenvalue weighted by Gasteiger charge is 2.59. The Morgan fingerprint density at radius 1 is 1.26 bits per heavy atom. The fourth-order valence-corrected chi connectivity index (χ4v) is 8.57. The lowest BCUT2D eigenvalue weighted by Crippen LogP contribution is -2.62. The van der Waals surface area contributed by atoms with Gasteiger partial charge in [0.25, 0.3) is 0 Å². The molecule has 1 amide bonds. The van der Waals surface area contributed by atoms with Crippen molar-refractivity contribution in [2.75, 3.05) is 13.1 Å². The van der Waals surface area contributed by atoms with Crippen LogP contribution in [0, 0.1) is 24.2 Å². The molecule has 2 N–H and O–H groups in total. The molecule has 5 nitrogen and oxygen atoms in total. The maximum Gasteiger partial charge on any atom is 0.234 e. The fraction of sp³-hybridized carbons (Fsp3) is 0.607. The molecule has 0 radical (unpaired) electrons. The summed E-state index contributed by atoms with van der Waals surface area (Å²) in [6.45, 7) is 6.01. The van der Waals surface area contributed by atoms with E-state index in [9.17, 15) is 9.90 Å². The first kappa shape index (κ1) is 22.6. The van der Waals surface area contributed by atoms with Crippen molar-refractivity contribution in [3.05, 3.63) is 51.7 Å². The molecule has 7 rings (SSSR count). The van der Waals surface area contributed by atoms with E-state index in [1.54, 1.807) is 11.3 Å². The van der Waals surface area contributed by atoms with Crippen molar-refractivity contribution in [1.29, 1.82) is 0 Å². The minimum atomic E-state index is -0.499. The number of nitrogens with one attached hydrogen (secondary N) is 1. The molecule has 6 heteroatoms. The van der Waals surface area contributed by atoms with Gasteiger partial charge in [-0.2, -0.15) is 11.3 Å². The monoisotopic (exact) mass is 480 g/mol. The first-order valence-corrected chi connectivity index (χ1v) is 13.8. The van der Waals surface area contributed by atoms with Crippen LogP contribution in [0.2, 0.25) is 0 Å². The number of carbonyl (C=O) groups is 1. The molecule has 0 spiro atoms. The third kappa shape index (κ3) is 4.18. The predicted octanol–water partition coefficient (Wildman–Crippen LogP) is 4.83. The highest BCUT2D eigenvalue weighted by molar-refractivity contribution is 7.07. The van der Waals surface area contributed by atoms with Gasteiger partial charge in [0.1, 0.15) is 11.9 Å². The summed E-state index contributed by atoms with van der Waals surface area (Å²) in [4.78, 5) is 15.5. The van der Waals surface area contributed by atoms with Crippen LogP contribution in [-0.4, -0.2) is 40.6 Å². The van der Waals surface area contributed by atoms with Gasteiger partial charge in [-0.1, -0.05) is 17.7 Å². The van der Waals surface area contributed by atoms with Crippen molar-refractivity contribution in [3.63, 3.8) is 0 Å². The van der Waals surface area contributed by atoms with Gasteiger partial charge in [0, 0.05) is 30.3 Å². The molecule has 4 bridgehead atoms. The van der Waals surface area contributed by atoms with E-state index in [1.807, 2.05) is 0 Å². The molecule has 1 aliphatic heterocycles. The largest absolute Gasteiger partial charge is 0.484 e. The standard InChI is InChI=1S/C28H36N2O3S/c1-18-3-4-24-23(7-18)13-30(14-25(33-24)22-5-6-34-16-22)15-26(31)29-19(2)27-9-20-8-21(10-27)12-28(32,11-20)17-27/h3-7,16,19-21,25,32H,8-15,17H2,1-2H3,(H,29,31)/t19-,20-,21-,25-,27?,28?/m0/s1. The minimum absolute atomic E-state index is 0.0549. The number of hydrogen-bond donors (Lipinski definition) is 2. The fourth-order valence-electron chi connectivity index (χ4n) is 7.86. The maximum atomic E-state index is 13.3. The molecule has 4 aliphatic carbocycles. The summed E-state index contributed by atoms with van der Waals surface area (Å²) in [5, 5.41) is 18.7. The van der Waals surface area contributed by atoms with Gasteiger partial charge in [0.2, 0.25) is 5.91 Å². The number of aliphatic hydroxyl groups is 1. The van der Waals surface area contributed by atoms with Crippen LogP contribution < -0.4 is 10.1 Å². The van der Waals surface area contributed by atoms with Crippen LogP contribution in [0.1, 0.15) is 68.2 Å². The van der Waals surface area contributed by atoms with Crippen molar-refractivity contribution in [1.82, 2.24) is 10.2 Å². The molecule has 4 fully saturated rings. The Labute approximate surface area is 206 Å². The quantitative estimate of drug-likeness (QED) is 0.644. The smallest absolute Gasteiger partial charge is 0.234 e. The van der Waals surface area contributed by atoms with Crippen LogP contribution >= 0.6 is 11.3 Å². The van der Waals surface area contributed by atoms with Gasteiger partial charge in [0.05, 0.1) is 12.1 Å². The molecule has 4 saturated carbocycles. The first-order chi connectivity index (χ1) is 16.3. The van der Waals surface area contributed by atoms with Crippen molar-refractivity contribution < 1.29 is 14.6 Å². The minimum Gasteiger partial charge on any atom is -0.484 e. The maximum absolute atomic E-state index is 13.3. The molecule has 0 unspecified atom stereocenters. The Balaban J connectivity index is 1.17. The molecule has 34 heavy (non-hydrogen) atoms. The highest BCUT2D eigenvalue weighted by Crippen LogP contribution is 2.62. The molecule has 2 aromatic rings. The van der Waals surface area contributed by atoms with E-state index >= 15 is 0 Å². The van der Waals surface area contributed by atoms with Gasteiger partial charge in [-0.3, -0.25) is 9.69 Å². The topological polar surface area (TPSA) is 61.8 Å². The lowest BCUT2D eigenvalue weighted by Gasteiger charge is -2.62. The zero-order valence-electron chi connectivity index (χ0n) is 20.3. The number of carbonyl (C=O) groups excluding carboxylic acids is 1. The Morgan fingerprint density at radius 2 is 2.06 bits per heavy atom. The summed E-state index contributed by atoms with van der Waals surface area (Å²) in [6.07, 6.45) is 6.25. The van der Waals surface area contributed by atoms with E-state index in [2.05, 4.69) is 59.1 Å². The second-order valence-corrected chi connectivity index (χ2v) is 12.6. The van der Waals surface area contributed by atoms with Crippen LogP contribution in [0.3, 0.4) is 0 Å². The van der Waals surface area contributed by atoms with Crippen LogP contribution in [-0.2, 0) is 11.3 Å². The molecule has 1 aromatic heterocycles. The predicted molar refractivity (Wildman–Crippen MR) is 134 cm³/mol. The molecule has 182 valence electrons. The molecular weight excluding hydrogens is 444 g/mol. The number of aryl methyl sites for hydroxylation is 1. The number of benzene rings is 1. The van der Waals surface area contributed by atoms with Gasteiger partial charge >= 0.3 is 0 Å². The van der Waals surface area contributed by atoms with Gasteiger partial charge in [-0.15, -0.1) is 0 Å². The first-order valence-electron chi connectivity index (χ1n) is 12.8. The number of nitrogens with zero attached hydrogens (tertiary/aromatic N) is 1. The summed E-state index contributed by atoms with van der Waals surface area (Å²) < 4.78 is 6.43. The third-order valence-corrected chi connectivity index (χ3v) is 9.66. The molecule has 4 atom stereocenters. The van der Waals surface area contributed by atoms with E-state index in [0.717, 1.165) is 43.4 Å². The van der Waals surface area contributed by atoms with E-state index < -0.39 is 5.60 Å². The van der Waals surface area contributed by atoms with E-state index in [1.165, 1.54) is 17.5 Å². The summed E-state index contributed by atoms with van der Waals surface area (Å²) in [5.41, 5.74) is 3.06. The van der Waals surface area contributed by atoms with Crippen molar-refractivity contribution in [2.45, 2.75) is 76.7 Å². The SMILES string of the molecule is Cc1ccc2c(c1)CN(CC(=O)N[C@@H](C)C13C[C@@H]4C[C@H](CC(O)(C4)C1)C3)C[C@@H](c1ccsc1)O2. The lowest BCUT2D eigenvalue weighted by atomic mass is 9.46. The van der Waals surface area contributed by atoms with E-state index in [4.69, 9.17) is 4.74 Å². The molecule has 2 heterocycles. The van der Waals surface area contributed by atoms with Gasteiger partial charge in [-0.25, -0.2) is 0 Å². The van der Waals surface area contributed by atoms with Gasteiger partial charge in [0.15, 0.2) is 0 Å². The van der Waals surface area contributed by atoms with Crippen LogP contribution in [0.15, 0.2) is 35.0 Å². The number of ether oxygens (including phenoxy) is 1.